The maximum absolute atomic E-state index is 12.5. The van der Waals surface area contributed by atoms with Crippen molar-refractivity contribution in [2.24, 2.45) is 0 Å². The Morgan fingerprint density at radius 3 is 2.32 bits per heavy atom. The van der Waals surface area contributed by atoms with Crippen molar-refractivity contribution in [2.45, 2.75) is 32.6 Å². The Morgan fingerprint density at radius 1 is 1.04 bits per heavy atom. The van der Waals surface area contributed by atoms with Gasteiger partial charge in [-0.15, -0.1) is 0 Å². The summed E-state index contributed by atoms with van der Waals surface area (Å²) in [6.45, 7) is 8.15. The highest BCUT2D eigenvalue weighted by atomic mass is 32.2. The van der Waals surface area contributed by atoms with Crippen LogP contribution in [0.3, 0.4) is 0 Å². The molecule has 9 nitrogen and oxygen atoms in total. The van der Waals surface area contributed by atoms with Crippen LogP contribution < -0.4 is 20.7 Å². The smallest absolute Gasteiger partial charge is 0.240 e. The zero-order valence-electron chi connectivity index (χ0n) is 16.5. The van der Waals surface area contributed by atoms with Gasteiger partial charge in [0.05, 0.1) is 4.90 Å². The van der Waals surface area contributed by atoms with Crippen molar-refractivity contribution in [3.8, 4) is 0 Å². The third kappa shape index (κ3) is 6.17. The Kier molecular flexibility index (Phi) is 7.30. The Bertz CT molecular complexity index is 946. The fraction of sp³-hybridized carbons (Fsp3) is 0.389. The molecule has 0 saturated heterocycles. The summed E-state index contributed by atoms with van der Waals surface area (Å²) in [7, 11) is -3.66. The van der Waals surface area contributed by atoms with Gasteiger partial charge in [0.1, 0.15) is 17.5 Å². The first-order valence-electron chi connectivity index (χ1n) is 8.92. The quantitative estimate of drug-likeness (QED) is 0.469. The highest BCUT2D eigenvalue weighted by Gasteiger charge is 2.16. The summed E-state index contributed by atoms with van der Waals surface area (Å²) in [5, 5.41) is 8.84. The summed E-state index contributed by atoms with van der Waals surface area (Å²) in [4.78, 5) is 19.8. The predicted molar refractivity (Wildman–Crippen MR) is 110 cm³/mol. The standard InChI is InChI=1S/C18H26N6O3S/c1-5-19-17-11-18(23-13(3)22-17)20-8-9-21-28(26,27)16-7-6-15(10-12(16)2)24-14(4)25/h6-7,10-11,21H,5,8-9H2,1-4H3,(H,24,25)(H2,19,20,22,23). The number of hydrogen-bond donors (Lipinski definition) is 4. The zero-order valence-corrected chi connectivity index (χ0v) is 17.3. The Hall–Kier alpha value is -2.72. The first kappa shape index (κ1) is 21.6. The molecular weight excluding hydrogens is 380 g/mol. The number of aromatic nitrogens is 2. The second kappa shape index (κ2) is 9.47. The molecule has 4 N–H and O–H groups in total. The van der Waals surface area contributed by atoms with Crippen molar-refractivity contribution in [1.82, 2.24) is 14.7 Å². The summed E-state index contributed by atoms with van der Waals surface area (Å²) in [6, 6.07) is 6.44. The summed E-state index contributed by atoms with van der Waals surface area (Å²) in [6.07, 6.45) is 0. The van der Waals surface area contributed by atoms with Gasteiger partial charge in [-0.1, -0.05) is 0 Å². The van der Waals surface area contributed by atoms with Gasteiger partial charge >= 0.3 is 0 Å². The molecule has 28 heavy (non-hydrogen) atoms. The Labute approximate surface area is 165 Å². The monoisotopic (exact) mass is 406 g/mol. The van der Waals surface area contributed by atoms with E-state index in [2.05, 4.69) is 30.6 Å². The molecule has 2 rings (SSSR count). The lowest BCUT2D eigenvalue weighted by atomic mass is 10.2. The fourth-order valence-electron chi connectivity index (χ4n) is 2.62. The number of amides is 1. The van der Waals surface area contributed by atoms with Crippen LogP contribution in [0.4, 0.5) is 17.3 Å². The molecule has 10 heteroatoms. The number of carbonyl (C=O) groups excluding carboxylic acids is 1. The van der Waals surface area contributed by atoms with E-state index in [1.165, 1.54) is 13.0 Å². The normalized spacial score (nSPS) is 11.1. The van der Waals surface area contributed by atoms with E-state index >= 15 is 0 Å². The van der Waals surface area contributed by atoms with Crippen LogP contribution in [0.5, 0.6) is 0 Å². The van der Waals surface area contributed by atoms with Gasteiger partial charge in [0, 0.05) is 38.3 Å². The van der Waals surface area contributed by atoms with Gasteiger partial charge in [-0.2, -0.15) is 0 Å². The molecule has 0 aliphatic carbocycles. The molecule has 0 atom stereocenters. The van der Waals surface area contributed by atoms with E-state index in [4.69, 9.17) is 0 Å². The minimum absolute atomic E-state index is 0.175. The van der Waals surface area contributed by atoms with Crippen molar-refractivity contribution in [3.63, 3.8) is 0 Å². The third-order valence-electron chi connectivity index (χ3n) is 3.70. The lowest BCUT2D eigenvalue weighted by Gasteiger charge is -2.12. The number of hydrogen-bond acceptors (Lipinski definition) is 7. The van der Waals surface area contributed by atoms with Crippen LogP contribution in [-0.4, -0.2) is 43.9 Å². The molecule has 1 heterocycles. The van der Waals surface area contributed by atoms with Crippen molar-refractivity contribution in [2.75, 3.05) is 35.6 Å². The topological polar surface area (TPSA) is 125 Å². The van der Waals surface area contributed by atoms with Crippen molar-refractivity contribution in [3.05, 3.63) is 35.7 Å². The summed E-state index contributed by atoms with van der Waals surface area (Å²) >= 11 is 0. The van der Waals surface area contributed by atoms with Gasteiger partial charge in [-0.25, -0.2) is 23.1 Å². The highest BCUT2D eigenvalue weighted by molar-refractivity contribution is 7.89. The molecule has 2 aromatic rings. The van der Waals surface area contributed by atoms with Crippen molar-refractivity contribution >= 4 is 33.3 Å². The number of nitrogens with zero attached hydrogens (tertiary/aromatic N) is 2. The molecule has 0 aliphatic heterocycles. The van der Waals surface area contributed by atoms with Gasteiger partial charge in [-0.05, 0) is 44.5 Å². The van der Waals surface area contributed by atoms with Crippen LogP contribution in [0.15, 0.2) is 29.2 Å². The van der Waals surface area contributed by atoms with Crippen LogP contribution in [0.25, 0.3) is 0 Å². The molecule has 0 fully saturated rings. The minimum Gasteiger partial charge on any atom is -0.370 e. The number of carbonyl (C=O) groups is 1. The van der Waals surface area contributed by atoms with E-state index in [0.29, 0.717) is 35.3 Å². The van der Waals surface area contributed by atoms with Crippen molar-refractivity contribution < 1.29 is 13.2 Å². The third-order valence-corrected chi connectivity index (χ3v) is 5.33. The van der Waals surface area contributed by atoms with Crippen LogP contribution >= 0.6 is 0 Å². The highest BCUT2D eigenvalue weighted by Crippen LogP contribution is 2.19. The zero-order chi connectivity index (χ0) is 20.7. The van der Waals surface area contributed by atoms with E-state index in [1.807, 2.05) is 6.92 Å². The SMILES string of the molecule is CCNc1cc(NCCNS(=O)(=O)c2ccc(NC(C)=O)cc2C)nc(C)n1. The van der Waals surface area contributed by atoms with Crippen molar-refractivity contribution in [1.29, 1.82) is 0 Å². The van der Waals surface area contributed by atoms with Gasteiger partial charge in [0.2, 0.25) is 15.9 Å². The molecule has 0 bridgehead atoms. The number of anilines is 3. The summed E-state index contributed by atoms with van der Waals surface area (Å²) in [5.41, 5.74) is 1.11. The molecule has 152 valence electrons. The maximum atomic E-state index is 12.5. The van der Waals surface area contributed by atoms with Gasteiger partial charge < -0.3 is 16.0 Å². The lowest BCUT2D eigenvalue weighted by molar-refractivity contribution is -0.114. The second-order valence-electron chi connectivity index (χ2n) is 6.20. The number of aryl methyl sites for hydroxylation is 2. The molecule has 0 aliphatic rings. The Balaban J connectivity index is 1.96. The van der Waals surface area contributed by atoms with E-state index in [-0.39, 0.29) is 17.3 Å². The van der Waals surface area contributed by atoms with E-state index < -0.39 is 10.0 Å². The molecule has 1 aromatic carbocycles. The van der Waals surface area contributed by atoms with E-state index in [1.54, 1.807) is 32.0 Å². The van der Waals surface area contributed by atoms with Crippen LogP contribution in [0, 0.1) is 13.8 Å². The number of rotatable bonds is 9. The van der Waals surface area contributed by atoms with E-state index in [9.17, 15) is 13.2 Å². The predicted octanol–water partition coefficient (Wildman–Crippen LogP) is 1.87. The minimum atomic E-state index is -3.66. The molecule has 1 aromatic heterocycles. The first-order chi connectivity index (χ1) is 13.2. The largest absolute Gasteiger partial charge is 0.370 e. The maximum Gasteiger partial charge on any atom is 0.240 e. The first-order valence-corrected chi connectivity index (χ1v) is 10.4. The van der Waals surface area contributed by atoms with Crippen LogP contribution in [-0.2, 0) is 14.8 Å². The average molecular weight is 407 g/mol. The second-order valence-corrected chi connectivity index (χ2v) is 7.94. The number of nitrogens with one attached hydrogen (secondary N) is 4. The molecule has 0 spiro atoms. The molecule has 1 amide bonds. The van der Waals surface area contributed by atoms with Gasteiger partial charge in [0.15, 0.2) is 0 Å². The molecular formula is C18H26N6O3S. The van der Waals surface area contributed by atoms with E-state index in [0.717, 1.165) is 6.54 Å². The fourth-order valence-corrected chi connectivity index (χ4v) is 3.87. The Morgan fingerprint density at radius 2 is 1.71 bits per heavy atom. The number of benzene rings is 1. The van der Waals surface area contributed by atoms with Gasteiger partial charge in [-0.3, -0.25) is 4.79 Å². The van der Waals surface area contributed by atoms with Crippen LogP contribution in [0.2, 0.25) is 0 Å². The average Bonchev–Trinajstić information content (AvgIpc) is 2.58. The lowest BCUT2D eigenvalue weighted by Crippen LogP contribution is -2.29. The molecule has 0 radical (unpaired) electrons. The number of sulfonamides is 1. The summed E-state index contributed by atoms with van der Waals surface area (Å²) < 4.78 is 27.6. The molecule has 0 unspecified atom stereocenters. The summed E-state index contributed by atoms with van der Waals surface area (Å²) in [5.74, 6) is 1.75. The molecule has 0 saturated carbocycles. The van der Waals surface area contributed by atoms with Gasteiger partial charge in [0.25, 0.3) is 0 Å². The van der Waals surface area contributed by atoms with Crippen LogP contribution in [0.1, 0.15) is 25.2 Å².